The van der Waals surface area contributed by atoms with E-state index in [-0.39, 0.29) is 0 Å². The van der Waals surface area contributed by atoms with Crippen molar-refractivity contribution in [3.05, 3.63) is 0 Å². The zero-order valence-corrected chi connectivity index (χ0v) is 7.66. The average Bonchev–Trinajstić information content (AvgIpc) is 1.88. The van der Waals surface area contributed by atoms with Gasteiger partial charge in [0.05, 0.1) is 0 Å². The number of hydrogen-bond acceptors (Lipinski definition) is 3. The van der Waals surface area contributed by atoms with Gasteiger partial charge in [-0.15, -0.1) is 0 Å². The van der Waals surface area contributed by atoms with Crippen molar-refractivity contribution in [2.24, 2.45) is 10.5 Å². The normalized spacial score (nSPS) is 14.8. The van der Waals surface area contributed by atoms with Gasteiger partial charge in [-0.2, -0.15) is 0 Å². The Morgan fingerprint density at radius 2 is 2.10 bits per heavy atom. The Labute approximate surface area is 64.7 Å². The maximum atomic E-state index is 10.2. The van der Waals surface area contributed by atoms with Crippen molar-refractivity contribution in [2.45, 2.75) is 18.2 Å². The van der Waals surface area contributed by atoms with Crippen molar-refractivity contribution in [3.63, 3.8) is 0 Å². The van der Waals surface area contributed by atoms with E-state index in [0.717, 1.165) is 12.8 Å². The predicted octanol–water partition coefficient (Wildman–Crippen LogP) is -0.333. The van der Waals surface area contributed by atoms with Gasteiger partial charge in [-0.05, 0) is 0 Å². The van der Waals surface area contributed by atoms with Gasteiger partial charge in [-0.3, -0.25) is 0 Å². The van der Waals surface area contributed by atoms with Gasteiger partial charge >= 0.3 is 64.1 Å². The van der Waals surface area contributed by atoms with Gasteiger partial charge in [0.1, 0.15) is 0 Å². The van der Waals surface area contributed by atoms with Gasteiger partial charge in [-0.1, -0.05) is 0 Å². The summed E-state index contributed by atoms with van der Waals surface area (Å²) in [6.07, 6.45) is 1.75. The van der Waals surface area contributed by atoms with Crippen molar-refractivity contribution >= 4 is 19.0 Å². The number of hydrogen-bond donors (Lipinski definition) is 3. The molecular formula is C5H14N2O2Se. The van der Waals surface area contributed by atoms with Crippen LogP contribution in [-0.2, 0) is 0 Å². The fraction of sp³-hybridized carbons (Fsp3) is 0.800. The first-order valence-corrected chi connectivity index (χ1v) is 6.48. The average molecular weight is 213 g/mol. The molecule has 0 amide bonds. The summed E-state index contributed by atoms with van der Waals surface area (Å²) in [6.45, 7) is 0.627. The quantitative estimate of drug-likeness (QED) is 0.430. The third kappa shape index (κ3) is 4.76. The van der Waals surface area contributed by atoms with E-state index in [2.05, 4.69) is 0 Å². The van der Waals surface area contributed by atoms with E-state index >= 15 is 0 Å². The molecule has 0 saturated carbocycles. The van der Waals surface area contributed by atoms with Gasteiger partial charge in [0.2, 0.25) is 0 Å². The molecule has 0 aromatic rings. The zero-order valence-electron chi connectivity index (χ0n) is 5.79. The van der Waals surface area contributed by atoms with Crippen LogP contribution < -0.4 is 10.5 Å². The van der Waals surface area contributed by atoms with Crippen molar-refractivity contribution in [2.75, 3.05) is 6.54 Å². The third-order valence-corrected chi connectivity index (χ3v) is 3.80. The third-order valence-electron chi connectivity index (χ3n) is 1.10. The zero-order chi connectivity index (χ0) is 7.98. The molecule has 4 nitrogen and oxygen atoms in total. The number of carbonyl (C=O) groups is 1. The van der Waals surface area contributed by atoms with E-state index in [1.165, 1.54) is 0 Å². The first-order chi connectivity index (χ1) is 4.68. The van der Waals surface area contributed by atoms with Crippen LogP contribution in [0.25, 0.3) is 0 Å². The van der Waals surface area contributed by atoms with Crippen molar-refractivity contribution < 1.29 is 9.90 Å². The first-order valence-electron chi connectivity index (χ1n) is 3.13. The van der Waals surface area contributed by atoms with Crippen LogP contribution in [0.5, 0.6) is 0 Å². The molecule has 0 aromatic carbocycles. The molecule has 0 saturated heterocycles. The molecule has 62 valence electrons. The molecule has 1 unspecified atom stereocenters. The molecule has 0 bridgehead atoms. The Balaban J connectivity index is 3.21. The standard InChI is InChI=1S/C5H14N2O2Se/c6-3-1-2-4-10(7)5(8)9/h10H,1-4,6-7H2,(H,8,9). The van der Waals surface area contributed by atoms with E-state index in [0.29, 0.717) is 11.9 Å². The summed E-state index contributed by atoms with van der Waals surface area (Å²) >= 11 is -2.01. The van der Waals surface area contributed by atoms with E-state index in [4.69, 9.17) is 15.6 Å². The molecule has 5 N–H and O–H groups in total. The van der Waals surface area contributed by atoms with E-state index in [1.807, 2.05) is 0 Å². The summed E-state index contributed by atoms with van der Waals surface area (Å²) in [5.41, 5.74) is 5.22. The van der Waals surface area contributed by atoms with Crippen LogP contribution in [0.2, 0.25) is 5.32 Å². The maximum absolute atomic E-state index is 10.2. The van der Waals surface area contributed by atoms with E-state index in [1.54, 1.807) is 0 Å². The summed E-state index contributed by atoms with van der Waals surface area (Å²) in [4.78, 5) is 9.41. The first kappa shape index (κ1) is 9.91. The van der Waals surface area contributed by atoms with Crippen LogP contribution in [0.3, 0.4) is 0 Å². The Morgan fingerprint density at radius 1 is 1.50 bits per heavy atom. The summed E-state index contributed by atoms with van der Waals surface area (Å²) in [6, 6.07) is 0. The molecule has 0 aromatic heterocycles. The van der Waals surface area contributed by atoms with Crippen molar-refractivity contribution in [1.82, 2.24) is 0 Å². The van der Waals surface area contributed by atoms with Crippen LogP contribution in [0.4, 0.5) is 4.79 Å². The molecule has 0 aliphatic carbocycles. The van der Waals surface area contributed by atoms with Gasteiger partial charge in [0, 0.05) is 0 Å². The molecular weight excluding hydrogens is 199 g/mol. The van der Waals surface area contributed by atoms with Crippen LogP contribution >= 0.6 is 0 Å². The summed E-state index contributed by atoms with van der Waals surface area (Å²) in [5, 5.41) is 9.06. The molecule has 0 fully saturated rings. The van der Waals surface area contributed by atoms with Crippen LogP contribution in [0, 0.1) is 0 Å². The number of rotatable bonds is 5. The summed E-state index contributed by atoms with van der Waals surface area (Å²) < 4.78 is 5.36. The van der Waals surface area contributed by atoms with E-state index in [9.17, 15) is 4.79 Å². The fourth-order valence-electron chi connectivity index (χ4n) is 0.522. The van der Waals surface area contributed by atoms with Crippen molar-refractivity contribution in [1.29, 1.82) is 0 Å². The topological polar surface area (TPSA) is 89.3 Å². The Hall–Kier alpha value is -0.0905. The SMILES string of the molecule is NCCCC[SeH](N)C(=O)O. The van der Waals surface area contributed by atoms with Crippen LogP contribution in [0.1, 0.15) is 12.8 Å². The van der Waals surface area contributed by atoms with Gasteiger partial charge < -0.3 is 0 Å². The number of carboxylic acid groups (broad SMARTS) is 1. The van der Waals surface area contributed by atoms with Crippen molar-refractivity contribution in [3.8, 4) is 0 Å². The molecule has 0 rings (SSSR count). The Bertz CT molecular complexity index is 110. The summed E-state index contributed by atoms with van der Waals surface area (Å²) in [5.74, 6) is 0. The summed E-state index contributed by atoms with van der Waals surface area (Å²) in [7, 11) is 0. The monoisotopic (exact) mass is 214 g/mol. The molecule has 10 heavy (non-hydrogen) atoms. The van der Waals surface area contributed by atoms with Gasteiger partial charge in [0.25, 0.3) is 0 Å². The molecule has 0 aliphatic rings. The number of unbranched alkanes of at least 4 members (excludes halogenated alkanes) is 1. The molecule has 0 radical (unpaired) electrons. The molecule has 0 heterocycles. The molecule has 0 spiro atoms. The Kier molecular flexibility index (Phi) is 5.62. The molecule has 5 heteroatoms. The Morgan fingerprint density at radius 3 is 2.50 bits per heavy atom. The van der Waals surface area contributed by atoms with E-state index < -0.39 is 19.0 Å². The molecule has 0 aliphatic heterocycles. The molecule has 1 atom stereocenters. The number of nitrogens with two attached hydrogens (primary N) is 2. The van der Waals surface area contributed by atoms with Crippen LogP contribution in [-0.4, -0.2) is 30.6 Å². The second-order valence-corrected chi connectivity index (χ2v) is 5.68. The second kappa shape index (κ2) is 5.68. The van der Waals surface area contributed by atoms with Gasteiger partial charge in [0.15, 0.2) is 0 Å². The minimum atomic E-state index is -2.01. The van der Waals surface area contributed by atoms with Crippen LogP contribution in [0.15, 0.2) is 0 Å². The predicted molar refractivity (Wildman–Crippen MR) is 42.5 cm³/mol. The fourth-order valence-corrected chi connectivity index (χ4v) is 2.11. The van der Waals surface area contributed by atoms with Gasteiger partial charge in [-0.25, -0.2) is 0 Å². The second-order valence-electron chi connectivity index (χ2n) is 1.97. The minimum absolute atomic E-state index is 0.627.